The van der Waals surface area contributed by atoms with Crippen molar-refractivity contribution >= 4 is 15.9 Å². The molecule has 1 aromatic carbocycles. The topological polar surface area (TPSA) is 25.2 Å². The van der Waals surface area contributed by atoms with Crippen molar-refractivity contribution in [2.24, 2.45) is 0 Å². The van der Waals surface area contributed by atoms with Crippen LogP contribution >= 0.6 is 15.9 Å². The third-order valence-corrected chi connectivity index (χ3v) is 2.66. The molecule has 1 heterocycles. The molecular weight excluding hydrogens is 261 g/mol. The van der Waals surface area contributed by atoms with Crippen LogP contribution in [0.5, 0.6) is 0 Å². The molecule has 15 heavy (non-hydrogen) atoms. The highest BCUT2D eigenvalue weighted by Gasteiger charge is 2.07. The van der Waals surface area contributed by atoms with Crippen molar-refractivity contribution in [3.8, 4) is 5.69 Å². The summed E-state index contributed by atoms with van der Waals surface area (Å²) in [4.78, 5) is 0. The second-order valence-electron chi connectivity index (χ2n) is 3.12. The van der Waals surface area contributed by atoms with Gasteiger partial charge in [-0.3, -0.25) is 0 Å². The zero-order valence-corrected chi connectivity index (χ0v) is 9.41. The van der Waals surface area contributed by atoms with E-state index in [9.17, 15) is 4.39 Å². The highest BCUT2D eigenvalue weighted by atomic mass is 79.9. The fraction of sp³-hybridized carbons (Fsp3) is 0.0909. The van der Waals surface area contributed by atoms with Gasteiger partial charge in [0.2, 0.25) is 0 Å². The molecule has 0 bridgehead atoms. The summed E-state index contributed by atoms with van der Waals surface area (Å²) in [5.41, 5.74) is 1.10. The molecule has 0 atom stereocenters. The standard InChI is InChI=1S/C11H9BrFNO/c12-8-3-4-11(10(13)6-8)14-5-1-2-9(14)7-15/h1-6,15H,7H2. The zero-order valence-electron chi connectivity index (χ0n) is 7.82. The molecule has 0 fully saturated rings. The molecule has 0 saturated carbocycles. The van der Waals surface area contributed by atoms with Crippen molar-refractivity contribution in [2.75, 3.05) is 0 Å². The van der Waals surface area contributed by atoms with E-state index >= 15 is 0 Å². The van der Waals surface area contributed by atoms with Gasteiger partial charge in [0.05, 0.1) is 12.3 Å². The summed E-state index contributed by atoms with van der Waals surface area (Å²) in [7, 11) is 0. The maximum atomic E-state index is 13.6. The van der Waals surface area contributed by atoms with E-state index in [1.165, 1.54) is 6.07 Å². The number of hydrogen-bond donors (Lipinski definition) is 1. The van der Waals surface area contributed by atoms with Crippen LogP contribution in [0.2, 0.25) is 0 Å². The lowest BCUT2D eigenvalue weighted by Gasteiger charge is -2.08. The molecule has 2 nitrogen and oxygen atoms in total. The Labute approximate surface area is 95.1 Å². The van der Waals surface area contributed by atoms with E-state index in [4.69, 9.17) is 5.11 Å². The molecule has 0 unspecified atom stereocenters. The van der Waals surface area contributed by atoms with Gasteiger partial charge in [-0.1, -0.05) is 15.9 Å². The second-order valence-corrected chi connectivity index (χ2v) is 4.04. The maximum absolute atomic E-state index is 13.6. The molecular formula is C11H9BrFNO. The average molecular weight is 270 g/mol. The molecule has 0 aliphatic carbocycles. The normalized spacial score (nSPS) is 10.6. The third kappa shape index (κ3) is 1.96. The number of aliphatic hydroxyl groups excluding tert-OH is 1. The number of rotatable bonds is 2. The Morgan fingerprint density at radius 3 is 2.80 bits per heavy atom. The van der Waals surface area contributed by atoms with Crippen molar-refractivity contribution in [2.45, 2.75) is 6.61 Å². The van der Waals surface area contributed by atoms with E-state index in [1.54, 1.807) is 35.0 Å². The van der Waals surface area contributed by atoms with Crippen LogP contribution in [0.1, 0.15) is 5.69 Å². The summed E-state index contributed by atoms with van der Waals surface area (Å²) in [5.74, 6) is -0.324. The Bertz CT molecular complexity index is 481. The molecule has 78 valence electrons. The number of aliphatic hydroxyl groups is 1. The van der Waals surface area contributed by atoms with E-state index in [0.717, 1.165) is 0 Å². The van der Waals surface area contributed by atoms with Crippen LogP contribution in [0.25, 0.3) is 5.69 Å². The van der Waals surface area contributed by atoms with Crippen LogP contribution in [0, 0.1) is 5.82 Å². The smallest absolute Gasteiger partial charge is 0.148 e. The van der Waals surface area contributed by atoms with Crippen molar-refractivity contribution < 1.29 is 9.50 Å². The van der Waals surface area contributed by atoms with Crippen LogP contribution in [0.3, 0.4) is 0 Å². The van der Waals surface area contributed by atoms with Crippen LogP contribution in [-0.2, 0) is 6.61 Å². The zero-order chi connectivity index (χ0) is 10.8. The van der Waals surface area contributed by atoms with Gasteiger partial charge in [0.25, 0.3) is 0 Å². The molecule has 4 heteroatoms. The largest absolute Gasteiger partial charge is 0.390 e. The summed E-state index contributed by atoms with van der Waals surface area (Å²) < 4.78 is 15.9. The van der Waals surface area contributed by atoms with Gasteiger partial charge in [-0.25, -0.2) is 4.39 Å². The van der Waals surface area contributed by atoms with Crippen LogP contribution in [-0.4, -0.2) is 9.67 Å². The Morgan fingerprint density at radius 1 is 1.33 bits per heavy atom. The lowest BCUT2D eigenvalue weighted by atomic mass is 10.3. The van der Waals surface area contributed by atoms with Crippen LogP contribution in [0.15, 0.2) is 41.0 Å². The van der Waals surface area contributed by atoms with Gasteiger partial charge in [0.1, 0.15) is 5.82 Å². The fourth-order valence-corrected chi connectivity index (χ4v) is 1.79. The number of aromatic nitrogens is 1. The van der Waals surface area contributed by atoms with Gasteiger partial charge in [-0.2, -0.15) is 0 Å². The minimum absolute atomic E-state index is 0.109. The summed E-state index contributed by atoms with van der Waals surface area (Å²) in [6, 6.07) is 8.35. The predicted octanol–water partition coefficient (Wildman–Crippen LogP) is 2.87. The number of benzene rings is 1. The molecule has 1 N–H and O–H groups in total. The Kier molecular flexibility index (Phi) is 2.88. The Morgan fingerprint density at radius 2 is 2.13 bits per heavy atom. The monoisotopic (exact) mass is 269 g/mol. The van der Waals surface area contributed by atoms with Crippen molar-refractivity contribution in [1.82, 2.24) is 4.57 Å². The fourth-order valence-electron chi connectivity index (χ4n) is 1.46. The first-order valence-corrected chi connectivity index (χ1v) is 5.24. The van der Waals surface area contributed by atoms with Gasteiger partial charge < -0.3 is 9.67 Å². The average Bonchev–Trinajstić information content (AvgIpc) is 2.65. The van der Waals surface area contributed by atoms with Crippen molar-refractivity contribution in [3.63, 3.8) is 0 Å². The molecule has 0 aliphatic heterocycles. The minimum Gasteiger partial charge on any atom is -0.390 e. The number of nitrogens with zero attached hydrogens (tertiary/aromatic N) is 1. The van der Waals surface area contributed by atoms with E-state index in [2.05, 4.69) is 15.9 Å². The Hall–Kier alpha value is -1.13. The highest BCUT2D eigenvalue weighted by Crippen LogP contribution is 2.20. The second kappa shape index (κ2) is 4.16. The summed E-state index contributed by atoms with van der Waals surface area (Å²) >= 11 is 3.20. The quantitative estimate of drug-likeness (QED) is 0.891. The minimum atomic E-state index is -0.324. The molecule has 2 aromatic rings. The molecule has 0 radical (unpaired) electrons. The molecule has 0 aliphatic rings. The first kappa shape index (κ1) is 10.4. The van der Waals surface area contributed by atoms with Gasteiger partial charge in [-0.15, -0.1) is 0 Å². The van der Waals surface area contributed by atoms with Crippen LogP contribution < -0.4 is 0 Å². The molecule has 1 aromatic heterocycles. The summed E-state index contributed by atoms with van der Waals surface area (Å²) in [6.45, 7) is -0.109. The molecule has 0 spiro atoms. The lowest BCUT2D eigenvalue weighted by molar-refractivity contribution is 0.274. The first-order chi connectivity index (χ1) is 7.22. The number of halogens is 2. The van der Waals surface area contributed by atoms with Crippen LogP contribution in [0.4, 0.5) is 4.39 Å². The van der Waals surface area contributed by atoms with E-state index in [1.807, 2.05) is 0 Å². The summed E-state index contributed by atoms with van der Waals surface area (Å²) in [6.07, 6.45) is 1.72. The highest BCUT2D eigenvalue weighted by molar-refractivity contribution is 9.10. The molecule has 0 saturated heterocycles. The third-order valence-electron chi connectivity index (χ3n) is 2.16. The van der Waals surface area contributed by atoms with Crippen molar-refractivity contribution in [3.05, 3.63) is 52.5 Å². The van der Waals surface area contributed by atoms with Gasteiger partial charge >= 0.3 is 0 Å². The number of hydrogen-bond acceptors (Lipinski definition) is 1. The van der Waals surface area contributed by atoms with E-state index in [0.29, 0.717) is 15.9 Å². The first-order valence-electron chi connectivity index (χ1n) is 4.45. The van der Waals surface area contributed by atoms with Crippen molar-refractivity contribution in [1.29, 1.82) is 0 Å². The Balaban J connectivity index is 2.54. The van der Waals surface area contributed by atoms with E-state index in [-0.39, 0.29) is 12.4 Å². The lowest BCUT2D eigenvalue weighted by Crippen LogP contribution is -2.01. The van der Waals surface area contributed by atoms with E-state index < -0.39 is 0 Å². The van der Waals surface area contributed by atoms with Gasteiger partial charge in [-0.05, 0) is 30.3 Å². The van der Waals surface area contributed by atoms with Gasteiger partial charge in [0, 0.05) is 16.4 Å². The maximum Gasteiger partial charge on any atom is 0.148 e. The summed E-state index contributed by atoms with van der Waals surface area (Å²) in [5, 5.41) is 9.06. The predicted molar refractivity (Wildman–Crippen MR) is 59.3 cm³/mol. The van der Waals surface area contributed by atoms with Gasteiger partial charge in [0.15, 0.2) is 0 Å². The molecule has 0 amide bonds. The SMILES string of the molecule is OCc1cccn1-c1ccc(Br)cc1F. The molecule has 2 rings (SSSR count).